The van der Waals surface area contributed by atoms with E-state index in [-0.39, 0.29) is 11.4 Å². The number of rotatable bonds is 0. The summed E-state index contributed by atoms with van der Waals surface area (Å²) in [6, 6.07) is 4.44. The summed E-state index contributed by atoms with van der Waals surface area (Å²) in [5.74, 6) is 0.784. The number of halogens is 1. The highest BCUT2D eigenvalue weighted by Crippen LogP contribution is 2.48. The molecule has 2 unspecified atom stereocenters. The number of aliphatic hydroxyl groups is 1. The molecule has 2 nitrogen and oxygen atoms in total. The van der Waals surface area contributed by atoms with Gasteiger partial charge in [0.25, 0.3) is 0 Å². The normalized spacial score (nSPS) is 35.1. The summed E-state index contributed by atoms with van der Waals surface area (Å²) in [4.78, 5) is 0. The van der Waals surface area contributed by atoms with E-state index in [1.54, 1.807) is 6.07 Å². The molecule has 98 valence electrons. The minimum atomic E-state index is -0.606. The van der Waals surface area contributed by atoms with E-state index in [0.717, 1.165) is 19.3 Å². The maximum Gasteiger partial charge on any atom is 0.126 e. The van der Waals surface area contributed by atoms with E-state index < -0.39 is 6.10 Å². The Balaban J connectivity index is 1.98. The molecule has 1 spiro atoms. The first-order valence-corrected chi connectivity index (χ1v) is 6.77. The maximum absolute atomic E-state index is 13.2. The Kier molecular flexibility index (Phi) is 2.81. The monoisotopic (exact) mass is 250 g/mol. The first-order chi connectivity index (χ1) is 8.61. The number of benzene rings is 1. The fourth-order valence-electron chi connectivity index (χ4n) is 3.41. The zero-order valence-electron chi connectivity index (χ0n) is 10.7. The highest BCUT2D eigenvalue weighted by Gasteiger charge is 2.45. The summed E-state index contributed by atoms with van der Waals surface area (Å²) in [6.45, 7) is 2.19. The van der Waals surface area contributed by atoms with Crippen molar-refractivity contribution in [2.75, 3.05) is 0 Å². The Morgan fingerprint density at radius 1 is 1.39 bits per heavy atom. The van der Waals surface area contributed by atoms with Gasteiger partial charge in [-0.05, 0) is 43.4 Å². The van der Waals surface area contributed by atoms with E-state index in [4.69, 9.17) is 4.74 Å². The van der Waals surface area contributed by atoms with Crippen LogP contribution < -0.4 is 4.74 Å². The minimum absolute atomic E-state index is 0.248. The molecule has 1 fully saturated rings. The number of fused-ring (bicyclic) bond motifs is 1. The molecule has 0 bridgehead atoms. The third-order valence-electron chi connectivity index (χ3n) is 4.57. The molecular weight excluding hydrogens is 231 g/mol. The van der Waals surface area contributed by atoms with Crippen LogP contribution in [0, 0.1) is 11.7 Å². The van der Waals surface area contributed by atoms with Crippen LogP contribution in [0.4, 0.5) is 4.39 Å². The third kappa shape index (κ3) is 1.81. The molecule has 1 N–H and O–H groups in total. The molecule has 3 rings (SSSR count). The van der Waals surface area contributed by atoms with Crippen molar-refractivity contribution in [3.8, 4) is 5.75 Å². The topological polar surface area (TPSA) is 29.5 Å². The SMILES string of the molecule is CC1CCCCC12C[C@H](O)c1cc(F)ccc1O2. The van der Waals surface area contributed by atoms with Crippen molar-refractivity contribution < 1.29 is 14.2 Å². The average molecular weight is 250 g/mol. The zero-order chi connectivity index (χ0) is 12.8. The van der Waals surface area contributed by atoms with Crippen molar-refractivity contribution in [3.63, 3.8) is 0 Å². The molecular formula is C15H19FO2. The predicted molar refractivity (Wildman–Crippen MR) is 67.0 cm³/mol. The lowest BCUT2D eigenvalue weighted by Gasteiger charge is -2.47. The molecule has 1 saturated carbocycles. The molecule has 1 aliphatic carbocycles. The molecule has 1 aromatic carbocycles. The first kappa shape index (κ1) is 12.0. The van der Waals surface area contributed by atoms with Crippen molar-refractivity contribution in [2.45, 2.75) is 50.7 Å². The second kappa shape index (κ2) is 4.23. The Labute approximate surface area is 107 Å². The molecule has 2 aliphatic rings. The van der Waals surface area contributed by atoms with Crippen molar-refractivity contribution in [3.05, 3.63) is 29.6 Å². The summed E-state index contributed by atoms with van der Waals surface area (Å²) in [7, 11) is 0. The van der Waals surface area contributed by atoms with E-state index >= 15 is 0 Å². The van der Waals surface area contributed by atoms with Crippen LogP contribution in [0.1, 0.15) is 50.7 Å². The smallest absolute Gasteiger partial charge is 0.126 e. The Morgan fingerprint density at radius 3 is 3.00 bits per heavy atom. The van der Waals surface area contributed by atoms with E-state index in [2.05, 4.69) is 6.92 Å². The van der Waals surface area contributed by atoms with Gasteiger partial charge in [0, 0.05) is 12.0 Å². The van der Waals surface area contributed by atoms with Crippen LogP contribution in [0.25, 0.3) is 0 Å². The third-order valence-corrected chi connectivity index (χ3v) is 4.57. The van der Waals surface area contributed by atoms with Crippen LogP contribution in [0.3, 0.4) is 0 Å². The van der Waals surface area contributed by atoms with Crippen molar-refractivity contribution >= 4 is 0 Å². The molecule has 0 saturated heterocycles. The highest BCUT2D eigenvalue weighted by molar-refractivity contribution is 5.38. The van der Waals surface area contributed by atoms with Crippen LogP contribution in [0.15, 0.2) is 18.2 Å². The molecule has 1 aromatic rings. The van der Waals surface area contributed by atoms with E-state index in [1.165, 1.54) is 18.6 Å². The quantitative estimate of drug-likeness (QED) is 0.762. The maximum atomic E-state index is 13.2. The molecule has 1 aliphatic heterocycles. The summed E-state index contributed by atoms with van der Waals surface area (Å²) in [5, 5.41) is 10.3. The number of ether oxygens (including phenoxy) is 1. The van der Waals surface area contributed by atoms with Gasteiger partial charge in [0.1, 0.15) is 17.2 Å². The highest BCUT2D eigenvalue weighted by atomic mass is 19.1. The number of hydrogen-bond donors (Lipinski definition) is 1. The molecule has 18 heavy (non-hydrogen) atoms. The Morgan fingerprint density at radius 2 is 2.22 bits per heavy atom. The number of hydrogen-bond acceptors (Lipinski definition) is 2. The predicted octanol–water partition coefficient (Wildman–Crippen LogP) is 3.59. The summed E-state index contributed by atoms with van der Waals surface area (Å²) in [6.07, 6.45) is 4.49. The van der Waals surface area contributed by atoms with Crippen molar-refractivity contribution in [2.24, 2.45) is 5.92 Å². The lowest BCUT2D eigenvalue weighted by atomic mass is 9.71. The minimum Gasteiger partial charge on any atom is -0.487 e. The van der Waals surface area contributed by atoms with E-state index in [0.29, 0.717) is 23.7 Å². The van der Waals surface area contributed by atoms with Crippen LogP contribution in [0.2, 0.25) is 0 Å². The fraction of sp³-hybridized carbons (Fsp3) is 0.600. The number of aliphatic hydroxyl groups excluding tert-OH is 1. The van der Waals surface area contributed by atoms with Gasteiger partial charge in [0.2, 0.25) is 0 Å². The summed E-state index contributed by atoms with van der Waals surface area (Å²) in [5.41, 5.74) is 0.348. The summed E-state index contributed by atoms with van der Waals surface area (Å²) >= 11 is 0. The first-order valence-electron chi connectivity index (χ1n) is 6.77. The molecule has 3 atom stereocenters. The standard InChI is InChI=1S/C15H19FO2/c1-10-4-2-3-7-15(10)9-13(17)12-8-11(16)5-6-14(12)18-15/h5-6,8,10,13,17H,2-4,7,9H2,1H3/t10?,13-,15?/m0/s1. The van der Waals surface area contributed by atoms with Crippen molar-refractivity contribution in [1.82, 2.24) is 0 Å². The van der Waals surface area contributed by atoms with E-state index in [9.17, 15) is 9.50 Å². The van der Waals surface area contributed by atoms with Gasteiger partial charge in [-0.2, -0.15) is 0 Å². The molecule has 3 heteroatoms. The molecule has 0 aromatic heterocycles. The molecule has 1 heterocycles. The van der Waals surface area contributed by atoms with Gasteiger partial charge < -0.3 is 9.84 Å². The molecule has 0 amide bonds. The Hall–Kier alpha value is -1.09. The van der Waals surface area contributed by atoms with Crippen LogP contribution in [0.5, 0.6) is 5.75 Å². The zero-order valence-corrected chi connectivity index (χ0v) is 10.7. The van der Waals surface area contributed by atoms with Crippen LogP contribution in [-0.2, 0) is 0 Å². The van der Waals surface area contributed by atoms with Gasteiger partial charge in [-0.15, -0.1) is 0 Å². The van der Waals surface area contributed by atoms with Gasteiger partial charge in [0.05, 0.1) is 6.10 Å². The van der Waals surface area contributed by atoms with Gasteiger partial charge in [-0.25, -0.2) is 4.39 Å². The van der Waals surface area contributed by atoms with Crippen LogP contribution in [-0.4, -0.2) is 10.7 Å². The largest absolute Gasteiger partial charge is 0.487 e. The van der Waals surface area contributed by atoms with Crippen molar-refractivity contribution in [1.29, 1.82) is 0 Å². The van der Waals surface area contributed by atoms with Gasteiger partial charge in [0.15, 0.2) is 0 Å². The average Bonchev–Trinajstić information content (AvgIpc) is 2.34. The Bertz CT molecular complexity index is 460. The summed E-state index contributed by atoms with van der Waals surface area (Å²) < 4.78 is 19.4. The van der Waals surface area contributed by atoms with E-state index in [1.807, 2.05) is 0 Å². The van der Waals surface area contributed by atoms with Gasteiger partial charge >= 0.3 is 0 Å². The van der Waals surface area contributed by atoms with Gasteiger partial charge in [-0.3, -0.25) is 0 Å². The second-order valence-corrected chi connectivity index (χ2v) is 5.72. The molecule has 0 radical (unpaired) electrons. The lowest BCUT2D eigenvalue weighted by Crippen LogP contribution is -2.48. The second-order valence-electron chi connectivity index (χ2n) is 5.72. The fourth-order valence-corrected chi connectivity index (χ4v) is 3.41. The lowest BCUT2D eigenvalue weighted by molar-refractivity contribution is -0.0718. The van der Waals surface area contributed by atoms with Crippen LogP contribution >= 0.6 is 0 Å². The van der Waals surface area contributed by atoms with Gasteiger partial charge in [-0.1, -0.05) is 13.3 Å².